The normalized spacial score (nSPS) is 22.1. The Balaban J connectivity index is 1.79. The van der Waals surface area contributed by atoms with Crippen molar-refractivity contribution < 1.29 is 4.52 Å². The van der Waals surface area contributed by atoms with Crippen LogP contribution in [0.4, 0.5) is 0 Å². The molecule has 0 bridgehead atoms. The van der Waals surface area contributed by atoms with Gasteiger partial charge in [0.05, 0.1) is 15.7 Å². The lowest BCUT2D eigenvalue weighted by atomic mass is 10.1. The molecule has 3 heterocycles. The largest absolute Gasteiger partial charge is 0.339 e. The summed E-state index contributed by atoms with van der Waals surface area (Å²) in [5, 5.41) is 7.54. The highest BCUT2D eigenvalue weighted by atomic mass is 79.9. The quantitative estimate of drug-likeness (QED) is 0.915. The van der Waals surface area contributed by atoms with Gasteiger partial charge in [-0.2, -0.15) is 4.98 Å². The van der Waals surface area contributed by atoms with Gasteiger partial charge in [-0.25, -0.2) is 0 Å². The van der Waals surface area contributed by atoms with E-state index in [1.165, 1.54) is 4.88 Å². The van der Waals surface area contributed by atoms with E-state index in [0.29, 0.717) is 5.89 Å². The van der Waals surface area contributed by atoms with Crippen LogP contribution in [0.3, 0.4) is 0 Å². The highest BCUT2D eigenvalue weighted by Gasteiger charge is 2.27. The Hall–Kier alpha value is -0.760. The average Bonchev–Trinajstić information content (AvgIpc) is 3.07. The second-order valence-electron chi connectivity index (χ2n) is 5.05. The fourth-order valence-corrected chi connectivity index (χ4v) is 3.80. The molecular formula is C13H17BrN4OS. The molecule has 1 saturated heterocycles. The molecule has 2 atom stereocenters. The number of thiophene rings is 1. The maximum Gasteiger partial charge on any atom is 0.234 e. The van der Waals surface area contributed by atoms with Gasteiger partial charge >= 0.3 is 0 Å². The summed E-state index contributed by atoms with van der Waals surface area (Å²) in [4.78, 5) is 8.09. The van der Waals surface area contributed by atoms with E-state index in [1.54, 1.807) is 11.3 Å². The molecule has 0 spiro atoms. The maximum atomic E-state index is 5.47. The minimum absolute atomic E-state index is 0.134. The van der Waals surface area contributed by atoms with Gasteiger partial charge in [0.2, 0.25) is 5.89 Å². The van der Waals surface area contributed by atoms with Gasteiger partial charge in [0.1, 0.15) is 0 Å². The van der Waals surface area contributed by atoms with Crippen LogP contribution in [0.15, 0.2) is 20.4 Å². The molecule has 1 aliphatic heterocycles. The predicted molar refractivity (Wildman–Crippen MR) is 82.1 cm³/mol. The molecule has 0 saturated carbocycles. The number of hydrogen-bond donors (Lipinski definition) is 1. The number of nitrogens with zero attached hydrogens (tertiary/aromatic N) is 3. The molecule has 108 valence electrons. The standard InChI is InChI=1S/C13H17BrN4OS/c1-8(10-3-4-11(14)20-10)13-16-12(17-19-13)9-7-15-5-6-18(9)2/h3-4,8-9,15H,5-7H2,1-2H3. The van der Waals surface area contributed by atoms with E-state index in [0.717, 1.165) is 29.2 Å². The Labute approximate surface area is 130 Å². The van der Waals surface area contributed by atoms with Crippen molar-refractivity contribution in [1.82, 2.24) is 20.4 Å². The molecule has 3 rings (SSSR count). The first kappa shape index (κ1) is 14.2. The van der Waals surface area contributed by atoms with Crippen molar-refractivity contribution in [3.05, 3.63) is 32.5 Å². The van der Waals surface area contributed by atoms with E-state index in [1.807, 2.05) is 6.07 Å². The highest BCUT2D eigenvalue weighted by Crippen LogP contribution is 2.32. The van der Waals surface area contributed by atoms with Crippen LogP contribution >= 0.6 is 27.3 Å². The van der Waals surface area contributed by atoms with E-state index in [9.17, 15) is 0 Å². The van der Waals surface area contributed by atoms with E-state index in [2.05, 4.69) is 56.3 Å². The van der Waals surface area contributed by atoms with Crippen molar-refractivity contribution >= 4 is 27.3 Å². The number of hydrogen-bond acceptors (Lipinski definition) is 6. The lowest BCUT2D eigenvalue weighted by molar-refractivity contribution is 0.190. The van der Waals surface area contributed by atoms with Crippen LogP contribution in [0.2, 0.25) is 0 Å². The zero-order valence-corrected chi connectivity index (χ0v) is 13.9. The third-order valence-electron chi connectivity index (χ3n) is 3.66. The number of nitrogens with one attached hydrogen (secondary N) is 1. The summed E-state index contributed by atoms with van der Waals surface area (Å²) < 4.78 is 6.59. The van der Waals surface area contributed by atoms with Gasteiger partial charge in [-0.1, -0.05) is 5.16 Å². The molecule has 2 aromatic heterocycles. The van der Waals surface area contributed by atoms with Crippen molar-refractivity contribution in [2.45, 2.75) is 18.9 Å². The molecule has 0 aromatic carbocycles. The SMILES string of the molecule is CC(c1nc(C2CNCCN2C)no1)c1ccc(Br)s1. The van der Waals surface area contributed by atoms with Crippen molar-refractivity contribution in [2.24, 2.45) is 0 Å². The highest BCUT2D eigenvalue weighted by molar-refractivity contribution is 9.11. The first-order valence-corrected chi connectivity index (χ1v) is 8.26. The Kier molecular flexibility index (Phi) is 4.21. The lowest BCUT2D eigenvalue weighted by Crippen LogP contribution is -2.44. The Morgan fingerprint density at radius 2 is 2.40 bits per heavy atom. The Bertz CT molecular complexity index is 584. The van der Waals surface area contributed by atoms with Crippen LogP contribution in [0.25, 0.3) is 0 Å². The van der Waals surface area contributed by atoms with Crippen molar-refractivity contribution in [2.75, 3.05) is 26.7 Å². The van der Waals surface area contributed by atoms with Gasteiger partial charge in [0, 0.05) is 24.5 Å². The topological polar surface area (TPSA) is 54.2 Å². The fraction of sp³-hybridized carbons (Fsp3) is 0.538. The van der Waals surface area contributed by atoms with Crippen LogP contribution in [0.5, 0.6) is 0 Å². The first-order valence-electron chi connectivity index (χ1n) is 6.65. The fourth-order valence-electron chi connectivity index (χ4n) is 2.34. The maximum absolute atomic E-state index is 5.47. The molecular weight excluding hydrogens is 340 g/mol. The zero-order valence-electron chi connectivity index (χ0n) is 11.5. The molecule has 20 heavy (non-hydrogen) atoms. The summed E-state index contributed by atoms with van der Waals surface area (Å²) in [6, 6.07) is 4.34. The summed E-state index contributed by atoms with van der Waals surface area (Å²) in [6.07, 6.45) is 0. The molecule has 0 radical (unpaired) electrons. The molecule has 1 aliphatic rings. The third-order valence-corrected chi connectivity index (χ3v) is 5.46. The van der Waals surface area contributed by atoms with Gasteiger partial charge in [-0.3, -0.25) is 4.90 Å². The van der Waals surface area contributed by atoms with Crippen molar-refractivity contribution in [3.63, 3.8) is 0 Å². The van der Waals surface area contributed by atoms with Crippen LogP contribution in [0.1, 0.15) is 35.5 Å². The number of halogens is 1. The van der Waals surface area contributed by atoms with E-state index < -0.39 is 0 Å². The van der Waals surface area contributed by atoms with E-state index >= 15 is 0 Å². The first-order chi connectivity index (χ1) is 9.65. The Morgan fingerprint density at radius 3 is 3.10 bits per heavy atom. The minimum atomic E-state index is 0.134. The number of rotatable bonds is 3. The molecule has 2 aromatic rings. The average molecular weight is 357 g/mol. The van der Waals surface area contributed by atoms with E-state index in [4.69, 9.17) is 4.52 Å². The summed E-state index contributed by atoms with van der Waals surface area (Å²) in [5.74, 6) is 1.60. The summed E-state index contributed by atoms with van der Waals surface area (Å²) in [7, 11) is 2.10. The van der Waals surface area contributed by atoms with Crippen LogP contribution < -0.4 is 5.32 Å². The predicted octanol–water partition coefficient (Wildman–Crippen LogP) is 2.62. The van der Waals surface area contributed by atoms with Crippen molar-refractivity contribution in [1.29, 1.82) is 0 Å². The summed E-state index contributed by atoms with van der Waals surface area (Å²) in [6.45, 7) is 4.98. The molecule has 7 heteroatoms. The smallest absolute Gasteiger partial charge is 0.234 e. The molecule has 0 amide bonds. The van der Waals surface area contributed by atoms with Crippen LogP contribution in [-0.2, 0) is 0 Å². The van der Waals surface area contributed by atoms with Gasteiger partial charge < -0.3 is 9.84 Å². The van der Waals surface area contributed by atoms with Gasteiger partial charge in [0.15, 0.2) is 5.82 Å². The second kappa shape index (κ2) is 5.93. The number of aromatic nitrogens is 2. The molecule has 0 aliphatic carbocycles. The number of piperazine rings is 1. The monoisotopic (exact) mass is 356 g/mol. The molecule has 2 unspecified atom stereocenters. The second-order valence-corrected chi connectivity index (χ2v) is 7.55. The van der Waals surface area contributed by atoms with Crippen LogP contribution in [0, 0.1) is 0 Å². The van der Waals surface area contributed by atoms with Gasteiger partial charge in [0.25, 0.3) is 0 Å². The molecule has 1 N–H and O–H groups in total. The molecule has 1 fully saturated rings. The Morgan fingerprint density at radius 1 is 1.55 bits per heavy atom. The van der Waals surface area contributed by atoms with Crippen molar-refractivity contribution in [3.8, 4) is 0 Å². The summed E-state index contributed by atoms with van der Waals surface area (Å²) >= 11 is 5.19. The number of likely N-dealkylation sites (N-methyl/N-ethyl adjacent to an activating group) is 1. The third kappa shape index (κ3) is 2.81. The van der Waals surface area contributed by atoms with Crippen LogP contribution in [-0.4, -0.2) is 41.7 Å². The van der Waals surface area contributed by atoms with E-state index in [-0.39, 0.29) is 12.0 Å². The van der Waals surface area contributed by atoms with Gasteiger partial charge in [-0.15, -0.1) is 11.3 Å². The van der Waals surface area contributed by atoms with Gasteiger partial charge in [-0.05, 0) is 42.0 Å². The molecule has 5 nitrogen and oxygen atoms in total. The summed E-state index contributed by atoms with van der Waals surface area (Å²) in [5.41, 5.74) is 0. The lowest BCUT2D eigenvalue weighted by Gasteiger charge is -2.30. The zero-order chi connectivity index (χ0) is 14.1. The minimum Gasteiger partial charge on any atom is -0.339 e.